The summed E-state index contributed by atoms with van der Waals surface area (Å²) >= 11 is 1.52. The van der Waals surface area contributed by atoms with E-state index in [1.54, 1.807) is 12.1 Å². The molecule has 2 aromatic heterocycles. The number of halogens is 1. The quantitative estimate of drug-likeness (QED) is 0.722. The zero-order valence-corrected chi connectivity index (χ0v) is 14.7. The van der Waals surface area contributed by atoms with Gasteiger partial charge in [0, 0.05) is 0 Å². The van der Waals surface area contributed by atoms with Crippen molar-refractivity contribution in [2.45, 2.75) is 26.3 Å². The number of carbonyl (C=O) groups excluding carboxylic acids is 1. The summed E-state index contributed by atoms with van der Waals surface area (Å²) in [6, 6.07) is 9.82. The molecule has 0 saturated carbocycles. The normalized spacial score (nSPS) is 12.3. The first-order valence-corrected chi connectivity index (χ1v) is 8.82. The van der Waals surface area contributed by atoms with Gasteiger partial charge in [-0.3, -0.25) is 4.79 Å². The van der Waals surface area contributed by atoms with Gasteiger partial charge in [-0.1, -0.05) is 37.2 Å². The zero-order chi connectivity index (χ0) is 17.8. The van der Waals surface area contributed by atoms with Gasteiger partial charge in [0.15, 0.2) is 0 Å². The van der Waals surface area contributed by atoms with E-state index in [1.165, 1.54) is 23.5 Å². The fourth-order valence-electron chi connectivity index (χ4n) is 2.61. The van der Waals surface area contributed by atoms with Gasteiger partial charge in [0.2, 0.25) is 17.6 Å². The molecular weight excluding hydrogens is 341 g/mol. The fraction of sp³-hybridized carbons (Fsp3) is 0.278. The highest BCUT2D eigenvalue weighted by molar-refractivity contribution is 7.13. The van der Waals surface area contributed by atoms with E-state index in [0.717, 1.165) is 10.4 Å². The Bertz CT molecular complexity index is 828. The molecule has 0 saturated heterocycles. The summed E-state index contributed by atoms with van der Waals surface area (Å²) in [6.07, 6.45) is 0. The van der Waals surface area contributed by atoms with Gasteiger partial charge in [0.05, 0.1) is 17.3 Å². The van der Waals surface area contributed by atoms with Crippen LogP contribution in [0.5, 0.6) is 0 Å². The van der Waals surface area contributed by atoms with Crippen LogP contribution in [0.2, 0.25) is 0 Å². The summed E-state index contributed by atoms with van der Waals surface area (Å²) in [7, 11) is 0. The van der Waals surface area contributed by atoms with Crippen molar-refractivity contribution in [1.29, 1.82) is 0 Å². The molecule has 1 aromatic carbocycles. The summed E-state index contributed by atoms with van der Waals surface area (Å²) in [4.78, 5) is 17.8. The lowest BCUT2D eigenvalue weighted by atomic mass is 9.87. The Kier molecular flexibility index (Phi) is 5.23. The number of aromatic nitrogens is 2. The molecule has 5 nitrogen and oxygen atoms in total. The van der Waals surface area contributed by atoms with Crippen molar-refractivity contribution in [1.82, 2.24) is 15.5 Å². The van der Waals surface area contributed by atoms with E-state index in [4.69, 9.17) is 4.52 Å². The van der Waals surface area contributed by atoms with Gasteiger partial charge in [0.1, 0.15) is 5.82 Å². The molecular formula is C18H18FN3O2S. The Balaban J connectivity index is 1.67. The molecule has 0 aliphatic heterocycles. The van der Waals surface area contributed by atoms with Crippen LogP contribution in [-0.2, 0) is 11.3 Å². The van der Waals surface area contributed by atoms with Crippen molar-refractivity contribution >= 4 is 17.2 Å². The Morgan fingerprint density at radius 3 is 2.68 bits per heavy atom. The predicted octanol–water partition coefficient (Wildman–Crippen LogP) is 3.99. The molecule has 0 spiro atoms. The number of nitrogens with zero attached hydrogens (tertiary/aromatic N) is 2. The largest absolute Gasteiger partial charge is 0.346 e. The topological polar surface area (TPSA) is 68.0 Å². The molecule has 130 valence electrons. The summed E-state index contributed by atoms with van der Waals surface area (Å²) in [5.41, 5.74) is 0.777. The van der Waals surface area contributed by atoms with E-state index < -0.39 is 0 Å². The highest BCUT2D eigenvalue weighted by atomic mass is 32.1. The third-order valence-electron chi connectivity index (χ3n) is 3.80. The van der Waals surface area contributed by atoms with Crippen molar-refractivity contribution in [2.24, 2.45) is 5.92 Å². The first-order chi connectivity index (χ1) is 12.0. The number of nitrogens with one attached hydrogen (secondary N) is 1. The Hall–Kier alpha value is -2.54. The van der Waals surface area contributed by atoms with Crippen LogP contribution in [0.1, 0.15) is 31.2 Å². The van der Waals surface area contributed by atoms with Crippen LogP contribution in [0.15, 0.2) is 46.3 Å². The lowest BCUT2D eigenvalue weighted by Gasteiger charge is -2.20. The molecule has 0 aliphatic rings. The van der Waals surface area contributed by atoms with Crippen molar-refractivity contribution < 1.29 is 13.7 Å². The number of hydrogen-bond acceptors (Lipinski definition) is 5. The van der Waals surface area contributed by atoms with Crippen LogP contribution in [0.4, 0.5) is 4.39 Å². The van der Waals surface area contributed by atoms with Crippen LogP contribution in [-0.4, -0.2) is 16.0 Å². The maximum atomic E-state index is 13.1. The number of thiophene rings is 1. The molecule has 7 heteroatoms. The summed E-state index contributed by atoms with van der Waals surface area (Å²) in [5, 5.41) is 8.68. The van der Waals surface area contributed by atoms with Gasteiger partial charge in [-0.2, -0.15) is 4.98 Å². The molecule has 3 rings (SSSR count). The Morgan fingerprint density at radius 1 is 1.28 bits per heavy atom. The van der Waals surface area contributed by atoms with Gasteiger partial charge >= 0.3 is 0 Å². The SMILES string of the molecule is CC(C)C(C(=O)NCc1nc(-c2cccs2)no1)c1ccc(F)cc1. The van der Waals surface area contributed by atoms with E-state index in [-0.39, 0.29) is 30.1 Å². The highest BCUT2D eigenvalue weighted by Gasteiger charge is 2.24. The number of benzene rings is 1. The summed E-state index contributed by atoms with van der Waals surface area (Å²) < 4.78 is 18.3. The number of carbonyl (C=O) groups is 1. The first kappa shape index (κ1) is 17.3. The monoisotopic (exact) mass is 359 g/mol. The molecule has 0 bridgehead atoms. The molecule has 1 N–H and O–H groups in total. The maximum Gasteiger partial charge on any atom is 0.246 e. The average molecular weight is 359 g/mol. The van der Waals surface area contributed by atoms with Crippen LogP contribution in [0, 0.1) is 11.7 Å². The minimum Gasteiger partial charge on any atom is -0.346 e. The maximum absolute atomic E-state index is 13.1. The zero-order valence-electron chi connectivity index (χ0n) is 13.9. The number of hydrogen-bond donors (Lipinski definition) is 1. The third kappa shape index (κ3) is 4.11. The van der Waals surface area contributed by atoms with Crippen molar-refractivity contribution in [3.05, 3.63) is 59.0 Å². The smallest absolute Gasteiger partial charge is 0.246 e. The molecule has 1 unspecified atom stereocenters. The number of amides is 1. The average Bonchev–Trinajstić information content (AvgIpc) is 3.26. The number of rotatable bonds is 6. The molecule has 0 aliphatic carbocycles. The van der Waals surface area contributed by atoms with E-state index in [1.807, 2.05) is 31.4 Å². The van der Waals surface area contributed by atoms with E-state index in [2.05, 4.69) is 15.5 Å². The van der Waals surface area contributed by atoms with Crippen molar-refractivity contribution in [3.8, 4) is 10.7 Å². The molecule has 1 atom stereocenters. The molecule has 3 aromatic rings. The minimum absolute atomic E-state index is 0.0647. The van der Waals surface area contributed by atoms with E-state index >= 15 is 0 Å². The second-order valence-electron chi connectivity index (χ2n) is 5.98. The van der Waals surface area contributed by atoms with Crippen LogP contribution < -0.4 is 5.32 Å². The minimum atomic E-state index is -0.375. The van der Waals surface area contributed by atoms with Gasteiger partial charge in [-0.15, -0.1) is 11.3 Å². The lowest BCUT2D eigenvalue weighted by Crippen LogP contribution is -2.31. The Morgan fingerprint density at radius 2 is 2.04 bits per heavy atom. The summed E-state index contributed by atoms with van der Waals surface area (Å²) in [6.45, 7) is 4.06. The second-order valence-corrected chi connectivity index (χ2v) is 6.93. The fourth-order valence-corrected chi connectivity index (χ4v) is 3.26. The van der Waals surface area contributed by atoms with Crippen LogP contribution in [0.3, 0.4) is 0 Å². The molecule has 25 heavy (non-hydrogen) atoms. The summed E-state index contributed by atoms with van der Waals surface area (Å²) in [5.74, 6) is 0.0720. The van der Waals surface area contributed by atoms with E-state index in [0.29, 0.717) is 11.7 Å². The highest BCUT2D eigenvalue weighted by Crippen LogP contribution is 2.25. The molecule has 0 fully saturated rings. The van der Waals surface area contributed by atoms with Gasteiger partial charge in [0.25, 0.3) is 0 Å². The van der Waals surface area contributed by atoms with Crippen LogP contribution >= 0.6 is 11.3 Å². The third-order valence-corrected chi connectivity index (χ3v) is 4.67. The van der Waals surface area contributed by atoms with Gasteiger partial charge < -0.3 is 9.84 Å². The Labute approximate surface area is 148 Å². The first-order valence-electron chi connectivity index (χ1n) is 7.94. The van der Waals surface area contributed by atoms with Crippen molar-refractivity contribution in [2.75, 3.05) is 0 Å². The second kappa shape index (κ2) is 7.57. The van der Waals surface area contributed by atoms with Gasteiger partial charge in [-0.25, -0.2) is 4.39 Å². The lowest BCUT2D eigenvalue weighted by molar-refractivity contribution is -0.123. The predicted molar refractivity (Wildman–Crippen MR) is 93.4 cm³/mol. The molecule has 0 radical (unpaired) electrons. The molecule has 2 heterocycles. The standard InChI is InChI=1S/C18H18FN3O2S/c1-11(2)16(12-5-7-13(19)8-6-12)18(23)20-10-15-21-17(22-24-15)14-4-3-9-25-14/h3-9,11,16H,10H2,1-2H3,(H,20,23). The van der Waals surface area contributed by atoms with Crippen molar-refractivity contribution in [3.63, 3.8) is 0 Å². The van der Waals surface area contributed by atoms with Gasteiger partial charge in [-0.05, 0) is 35.1 Å². The van der Waals surface area contributed by atoms with Crippen LogP contribution in [0.25, 0.3) is 10.7 Å². The van der Waals surface area contributed by atoms with E-state index in [9.17, 15) is 9.18 Å². The molecule has 1 amide bonds.